The molecule has 2 fully saturated rings. The van der Waals surface area contributed by atoms with Gasteiger partial charge in [-0.2, -0.15) is 5.10 Å². The molecule has 0 unspecified atom stereocenters. The Hall–Kier alpha value is -2.14. The van der Waals surface area contributed by atoms with E-state index in [9.17, 15) is 9.59 Å². The fourth-order valence-corrected chi connectivity index (χ4v) is 4.71. The lowest BCUT2D eigenvalue weighted by Gasteiger charge is -2.41. The molecule has 0 spiro atoms. The number of aryl methyl sites for hydroxylation is 1. The molecule has 1 aromatic carbocycles. The summed E-state index contributed by atoms with van der Waals surface area (Å²) in [5.41, 5.74) is 0.966. The Morgan fingerprint density at radius 2 is 1.89 bits per heavy atom. The Kier molecular flexibility index (Phi) is 5.04. The van der Waals surface area contributed by atoms with E-state index in [1.54, 1.807) is 17.7 Å². The van der Waals surface area contributed by atoms with Gasteiger partial charge >= 0.3 is 0 Å². The van der Waals surface area contributed by atoms with Crippen LogP contribution < -0.4 is 5.43 Å². The highest BCUT2D eigenvalue weighted by Crippen LogP contribution is 2.36. The third-order valence-electron chi connectivity index (χ3n) is 5.97. The van der Waals surface area contributed by atoms with Gasteiger partial charge in [-0.1, -0.05) is 43.0 Å². The number of halogens is 1. The second kappa shape index (κ2) is 7.47. The summed E-state index contributed by atoms with van der Waals surface area (Å²) in [6, 6.07) is 8.76. The molecule has 1 saturated heterocycles. The van der Waals surface area contributed by atoms with Gasteiger partial charge in [0.05, 0.1) is 10.7 Å². The molecule has 2 atom stereocenters. The van der Waals surface area contributed by atoms with E-state index in [0.717, 1.165) is 18.9 Å². The van der Waals surface area contributed by atoms with E-state index >= 15 is 0 Å². The van der Waals surface area contributed by atoms with Crippen molar-refractivity contribution in [2.45, 2.75) is 39.0 Å². The molecule has 1 aliphatic carbocycles. The van der Waals surface area contributed by atoms with Gasteiger partial charge in [0.15, 0.2) is 5.69 Å². The normalized spacial score (nSPS) is 22.4. The summed E-state index contributed by atoms with van der Waals surface area (Å²) in [6.45, 7) is 3.24. The Morgan fingerprint density at radius 3 is 2.67 bits per heavy atom. The quantitative estimate of drug-likeness (QED) is 0.789. The lowest BCUT2D eigenvalue weighted by molar-refractivity contribution is 0.0512. The van der Waals surface area contributed by atoms with Gasteiger partial charge in [0.1, 0.15) is 0 Å². The minimum Gasteiger partial charge on any atom is -0.337 e. The number of likely N-dealkylation sites (tertiary alicyclic amines) is 1. The number of piperidine rings is 1. The van der Waals surface area contributed by atoms with Gasteiger partial charge in [-0.3, -0.25) is 9.59 Å². The second-order valence-corrected chi connectivity index (χ2v) is 8.11. The maximum atomic E-state index is 13.1. The van der Waals surface area contributed by atoms with Crippen molar-refractivity contribution < 1.29 is 4.79 Å². The SMILES string of the molecule is Cc1cc(=O)c(C(=O)N2CC[C@H]3CCCC[C@@H]3C2)nn1-c1ccccc1Cl. The first-order chi connectivity index (χ1) is 13.0. The van der Waals surface area contributed by atoms with Crippen molar-refractivity contribution in [2.24, 2.45) is 11.8 Å². The monoisotopic (exact) mass is 385 g/mol. The van der Waals surface area contributed by atoms with Crippen molar-refractivity contribution in [3.8, 4) is 5.69 Å². The molecular formula is C21H24ClN3O2. The molecule has 5 nitrogen and oxygen atoms in total. The third-order valence-corrected chi connectivity index (χ3v) is 6.29. The fourth-order valence-electron chi connectivity index (χ4n) is 4.50. The number of aromatic nitrogens is 2. The van der Waals surface area contributed by atoms with E-state index in [1.807, 2.05) is 23.1 Å². The molecule has 27 heavy (non-hydrogen) atoms. The Morgan fingerprint density at radius 1 is 1.15 bits per heavy atom. The van der Waals surface area contributed by atoms with Crippen LogP contribution in [0, 0.1) is 18.8 Å². The molecule has 2 heterocycles. The van der Waals surface area contributed by atoms with Gasteiger partial charge in [-0.05, 0) is 43.7 Å². The van der Waals surface area contributed by atoms with E-state index in [4.69, 9.17) is 11.6 Å². The highest BCUT2D eigenvalue weighted by Gasteiger charge is 2.34. The summed E-state index contributed by atoms with van der Waals surface area (Å²) in [7, 11) is 0. The smallest absolute Gasteiger partial charge is 0.278 e. The van der Waals surface area contributed by atoms with Crippen LogP contribution in [0.5, 0.6) is 0 Å². The maximum absolute atomic E-state index is 13.1. The molecule has 2 aliphatic rings. The van der Waals surface area contributed by atoms with Crippen LogP contribution in [0.2, 0.25) is 5.02 Å². The molecule has 4 rings (SSSR count). The number of amides is 1. The van der Waals surface area contributed by atoms with Gasteiger partial charge < -0.3 is 4.90 Å². The van der Waals surface area contributed by atoms with Crippen molar-refractivity contribution in [3.63, 3.8) is 0 Å². The number of fused-ring (bicyclic) bond motifs is 1. The van der Waals surface area contributed by atoms with E-state index < -0.39 is 0 Å². The Balaban J connectivity index is 1.65. The van der Waals surface area contributed by atoms with Crippen LogP contribution in [0.25, 0.3) is 5.69 Å². The molecule has 1 amide bonds. The molecule has 0 bridgehead atoms. The first kappa shape index (κ1) is 18.2. The standard InChI is InChI=1S/C21H24ClN3O2/c1-14-12-19(26)20(23-25(14)18-9-5-4-8-17(18)22)21(27)24-11-10-15-6-2-3-7-16(15)13-24/h4-5,8-9,12,15-16H,2-3,6-7,10-11,13H2,1H3/t15-,16-/m1/s1. The highest BCUT2D eigenvalue weighted by molar-refractivity contribution is 6.32. The minimum atomic E-state index is -0.327. The average Bonchev–Trinajstić information content (AvgIpc) is 2.68. The van der Waals surface area contributed by atoms with E-state index in [0.29, 0.717) is 28.9 Å². The first-order valence-corrected chi connectivity index (χ1v) is 10.1. The number of nitrogens with zero attached hydrogens (tertiary/aromatic N) is 3. The molecule has 0 radical (unpaired) electrons. The zero-order valence-electron chi connectivity index (χ0n) is 15.5. The predicted octanol–water partition coefficient (Wildman–Crippen LogP) is 3.85. The molecule has 0 N–H and O–H groups in total. The topological polar surface area (TPSA) is 55.2 Å². The van der Waals surface area contributed by atoms with Gasteiger partial charge in [-0.25, -0.2) is 4.68 Å². The van der Waals surface area contributed by atoms with Gasteiger partial charge in [0, 0.05) is 24.8 Å². The number of carbonyl (C=O) groups is 1. The Bertz CT molecular complexity index is 924. The second-order valence-electron chi connectivity index (χ2n) is 7.71. The number of benzene rings is 1. The van der Waals surface area contributed by atoms with Crippen LogP contribution in [0.1, 0.15) is 48.3 Å². The van der Waals surface area contributed by atoms with Crippen LogP contribution in [0.4, 0.5) is 0 Å². The molecule has 1 aliphatic heterocycles. The maximum Gasteiger partial charge on any atom is 0.278 e. The lowest BCUT2D eigenvalue weighted by Crippen LogP contribution is -2.46. The zero-order valence-corrected chi connectivity index (χ0v) is 16.3. The number of para-hydroxylation sites is 1. The summed E-state index contributed by atoms with van der Waals surface area (Å²) >= 11 is 6.29. The number of rotatable bonds is 2. The van der Waals surface area contributed by atoms with Crippen LogP contribution >= 0.6 is 11.6 Å². The van der Waals surface area contributed by atoms with Crippen molar-refractivity contribution in [1.82, 2.24) is 14.7 Å². The minimum absolute atomic E-state index is 0.0187. The van der Waals surface area contributed by atoms with Gasteiger partial charge in [0.2, 0.25) is 5.43 Å². The molecular weight excluding hydrogens is 362 g/mol. The average molecular weight is 386 g/mol. The molecule has 2 aromatic rings. The van der Waals surface area contributed by atoms with Gasteiger partial charge in [-0.15, -0.1) is 0 Å². The summed E-state index contributed by atoms with van der Waals surface area (Å²) in [4.78, 5) is 27.4. The third kappa shape index (κ3) is 3.53. The van der Waals surface area contributed by atoms with Gasteiger partial charge in [0.25, 0.3) is 5.91 Å². The van der Waals surface area contributed by atoms with E-state index in [-0.39, 0.29) is 17.0 Å². The van der Waals surface area contributed by atoms with Crippen LogP contribution in [-0.4, -0.2) is 33.7 Å². The number of carbonyl (C=O) groups excluding carboxylic acids is 1. The van der Waals surface area contributed by atoms with Crippen molar-refractivity contribution in [1.29, 1.82) is 0 Å². The fraction of sp³-hybridized carbons (Fsp3) is 0.476. The first-order valence-electron chi connectivity index (χ1n) is 9.70. The molecule has 1 aromatic heterocycles. The van der Waals surface area contributed by atoms with Crippen LogP contribution in [0.15, 0.2) is 35.1 Å². The van der Waals surface area contributed by atoms with Crippen molar-refractivity contribution >= 4 is 17.5 Å². The largest absolute Gasteiger partial charge is 0.337 e. The van der Waals surface area contributed by atoms with Crippen LogP contribution in [-0.2, 0) is 0 Å². The van der Waals surface area contributed by atoms with E-state index in [2.05, 4.69) is 5.10 Å². The zero-order chi connectivity index (χ0) is 19.0. The van der Waals surface area contributed by atoms with Crippen molar-refractivity contribution in [3.05, 3.63) is 57.0 Å². The number of hydrogen-bond acceptors (Lipinski definition) is 3. The van der Waals surface area contributed by atoms with Crippen LogP contribution in [0.3, 0.4) is 0 Å². The van der Waals surface area contributed by atoms with E-state index in [1.165, 1.54) is 31.7 Å². The highest BCUT2D eigenvalue weighted by atomic mass is 35.5. The van der Waals surface area contributed by atoms with Crippen molar-refractivity contribution in [2.75, 3.05) is 13.1 Å². The summed E-state index contributed by atoms with van der Waals surface area (Å²) < 4.78 is 1.59. The summed E-state index contributed by atoms with van der Waals surface area (Å²) in [6.07, 6.45) is 6.03. The molecule has 6 heteroatoms. The Labute approximate surface area is 163 Å². The predicted molar refractivity (Wildman–Crippen MR) is 106 cm³/mol. The lowest BCUT2D eigenvalue weighted by atomic mass is 9.75. The molecule has 142 valence electrons. The summed E-state index contributed by atoms with van der Waals surface area (Å²) in [5, 5.41) is 4.94. The molecule has 1 saturated carbocycles. The summed E-state index contributed by atoms with van der Waals surface area (Å²) in [5.74, 6) is 1.03. The number of hydrogen-bond donors (Lipinski definition) is 0.